The molecule has 0 aromatic heterocycles. The molecule has 1 aromatic carbocycles. The zero-order valence-electron chi connectivity index (χ0n) is 11.6. The molecule has 1 aromatic rings. The van der Waals surface area contributed by atoms with Gasteiger partial charge in [-0.3, -0.25) is 14.9 Å². The molecule has 0 bridgehead atoms. The summed E-state index contributed by atoms with van der Waals surface area (Å²) in [6, 6.07) is 5.68. The second-order valence-electron chi connectivity index (χ2n) is 4.09. The van der Waals surface area contributed by atoms with Crippen molar-refractivity contribution in [2.75, 3.05) is 40.5 Å². The summed E-state index contributed by atoms with van der Waals surface area (Å²) >= 11 is 0. The van der Waals surface area contributed by atoms with Crippen LogP contribution in [-0.2, 0) is 9.47 Å². The maximum atomic E-state index is 12.3. The number of hydrogen-bond donors (Lipinski definition) is 0. The van der Waals surface area contributed by atoms with Gasteiger partial charge in [0.25, 0.3) is 11.6 Å². The number of nitro benzene ring substituents is 1. The molecule has 0 unspecified atom stereocenters. The smallest absolute Gasteiger partial charge is 0.270 e. The zero-order valence-corrected chi connectivity index (χ0v) is 11.6. The maximum absolute atomic E-state index is 12.3. The standard InChI is InChI=1S/C13H18N2O5/c1-19-8-6-14(7-9-20-2)13(16)11-4-3-5-12(10-11)15(17)18/h3-5,10H,6-9H2,1-2H3. The van der Waals surface area contributed by atoms with Crippen LogP contribution in [0, 0.1) is 10.1 Å². The van der Waals surface area contributed by atoms with Gasteiger partial charge in [0.1, 0.15) is 0 Å². The Balaban J connectivity index is 2.86. The first-order valence-electron chi connectivity index (χ1n) is 6.11. The highest BCUT2D eigenvalue weighted by atomic mass is 16.6. The molecule has 0 saturated heterocycles. The van der Waals surface area contributed by atoms with Crippen LogP contribution in [-0.4, -0.2) is 56.3 Å². The summed E-state index contributed by atoms with van der Waals surface area (Å²) in [5, 5.41) is 10.7. The number of carbonyl (C=O) groups excluding carboxylic acids is 1. The third kappa shape index (κ3) is 4.60. The Labute approximate surface area is 117 Å². The Morgan fingerprint density at radius 1 is 1.25 bits per heavy atom. The fraction of sp³-hybridized carbons (Fsp3) is 0.462. The highest BCUT2D eigenvalue weighted by Gasteiger charge is 2.17. The van der Waals surface area contributed by atoms with Gasteiger partial charge in [-0.05, 0) is 6.07 Å². The lowest BCUT2D eigenvalue weighted by Crippen LogP contribution is -2.36. The van der Waals surface area contributed by atoms with Gasteiger partial charge in [0, 0.05) is 45.0 Å². The van der Waals surface area contributed by atoms with Gasteiger partial charge in [0.15, 0.2) is 0 Å². The fourth-order valence-electron chi connectivity index (χ4n) is 1.65. The quantitative estimate of drug-likeness (QED) is 0.530. The Morgan fingerprint density at radius 2 is 1.85 bits per heavy atom. The molecule has 0 aliphatic heterocycles. The van der Waals surface area contributed by atoms with E-state index in [9.17, 15) is 14.9 Å². The predicted octanol–water partition coefficient (Wildman–Crippen LogP) is 1.33. The first kappa shape index (κ1) is 16.1. The molecule has 1 rings (SSSR count). The lowest BCUT2D eigenvalue weighted by atomic mass is 10.1. The lowest BCUT2D eigenvalue weighted by Gasteiger charge is -2.22. The molecule has 0 atom stereocenters. The van der Waals surface area contributed by atoms with E-state index < -0.39 is 4.92 Å². The normalized spacial score (nSPS) is 10.3. The van der Waals surface area contributed by atoms with Crippen molar-refractivity contribution in [3.63, 3.8) is 0 Å². The summed E-state index contributed by atoms with van der Waals surface area (Å²) in [6.07, 6.45) is 0. The molecule has 0 saturated carbocycles. The molecule has 0 radical (unpaired) electrons. The number of benzene rings is 1. The second-order valence-corrected chi connectivity index (χ2v) is 4.09. The number of rotatable bonds is 8. The van der Waals surface area contributed by atoms with Crippen molar-refractivity contribution in [3.05, 3.63) is 39.9 Å². The van der Waals surface area contributed by atoms with Gasteiger partial charge in [-0.2, -0.15) is 0 Å². The Morgan fingerprint density at radius 3 is 2.35 bits per heavy atom. The fourth-order valence-corrected chi connectivity index (χ4v) is 1.65. The topological polar surface area (TPSA) is 81.9 Å². The highest BCUT2D eigenvalue weighted by Crippen LogP contribution is 2.14. The number of ether oxygens (including phenoxy) is 2. The summed E-state index contributed by atoms with van der Waals surface area (Å²) in [5.74, 6) is -0.275. The van der Waals surface area contributed by atoms with Gasteiger partial charge in [-0.1, -0.05) is 6.07 Å². The van der Waals surface area contributed by atoms with E-state index in [1.54, 1.807) is 25.2 Å². The second kappa shape index (κ2) is 8.23. The monoisotopic (exact) mass is 282 g/mol. The van der Waals surface area contributed by atoms with Crippen LogP contribution in [0.15, 0.2) is 24.3 Å². The van der Waals surface area contributed by atoms with Crippen LogP contribution in [0.25, 0.3) is 0 Å². The van der Waals surface area contributed by atoms with Gasteiger partial charge in [0.05, 0.1) is 18.1 Å². The molecular weight excluding hydrogens is 264 g/mol. The summed E-state index contributed by atoms with van der Waals surface area (Å²) < 4.78 is 9.91. The molecule has 7 nitrogen and oxygen atoms in total. The zero-order chi connectivity index (χ0) is 15.0. The Kier molecular flexibility index (Phi) is 6.61. The van der Waals surface area contributed by atoms with Gasteiger partial charge >= 0.3 is 0 Å². The average Bonchev–Trinajstić information content (AvgIpc) is 2.47. The number of nitro groups is 1. The Hall–Kier alpha value is -1.99. The van der Waals surface area contributed by atoms with Crippen molar-refractivity contribution in [1.29, 1.82) is 0 Å². The van der Waals surface area contributed by atoms with Gasteiger partial charge < -0.3 is 14.4 Å². The van der Waals surface area contributed by atoms with Crippen LogP contribution in [0.4, 0.5) is 5.69 Å². The van der Waals surface area contributed by atoms with Crippen LogP contribution < -0.4 is 0 Å². The summed E-state index contributed by atoms with van der Waals surface area (Å²) in [4.78, 5) is 24.1. The summed E-state index contributed by atoms with van der Waals surface area (Å²) in [5.41, 5.74) is 0.181. The first-order valence-corrected chi connectivity index (χ1v) is 6.11. The van der Waals surface area contributed by atoms with E-state index in [1.807, 2.05) is 0 Å². The Bertz CT molecular complexity index is 456. The van der Waals surface area contributed by atoms with Crippen molar-refractivity contribution >= 4 is 11.6 Å². The molecule has 0 N–H and O–H groups in total. The van der Waals surface area contributed by atoms with E-state index in [0.717, 1.165) is 0 Å². The molecular formula is C13H18N2O5. The van der Waals surface area contributed by atoms with Crippen molar-refractivity contribution in [2.45, 2.75) is 0 Å². The maximum Gasteiger partial charge on any atom is 0.270 e. The minimum Gasteiger partial charge on any atom is -0.383 e. The number of amides is 1. The SMILES string of the molecule is COCCN(CCOC)C(=O)c1cccc([N+](=O)[O-])c1. The van der Waals surface area contributed by atoms with E-state index in [-0.39, 0.29) is 17.2 Å². The van der Waals surface area contributed by atoms with Crippen LogP contribution in [0.3, 0.4) is 0 Å². The first-order chi connectivity index (χ1) is 9.60. The lowest BCUT2D eigenvalue weighted by molar-refractivity contribution is -0.384. The molecule has 7 heteroatoms. The van der Waals surface area contributed by atoms with Gasteiger partial charge in [0.2, 0.25) is 0 Å². The summed E-state index contributed by atoms with van der Waals surface area (Å²) in [7, 11) is 3.10. The largest absolute Gasteiger partial charge is 0.383 e. The molecule has 0 aliphatic rings. The average molecular weight is 282 g/mol. The number of hydrogen-bond acceptors (Lipinski definition) is 5. The van der Waals surface area contributed by atoms with Crippen LogP contribution in [0.2, 0.25) is 0 Å². The number of carbonyl (C=O) groups is 1. The van der Waals surface area contributed by atoms with Crippen molar-refractivity contribution in [2.24, 2.45) is 0 Å². The third-order valence-electron chi connectivity index (χ3n) is 2.72. The third-order valence-corrected chi connectivity index (χ3v) is 2.72. The predicted molar refractivity (Wildman–Crippen MR) is 72.8 cm³/mol. The highest BCUT2D eigenvalue weighted by molar-refractivity contribution is 5.94. The molecule has 1 amide bonds. The number of non-ortho nitro benzene ring substituents is 1. The van der Waals surface area contributed by atoms with E-state index in [1.165, 1.54) is 18.2 Å². The molecule has 0 fully saturated rings. The van der Waals surface area contributed by atoms with Gasteiger partial charge in [-0.25, -0.2) is 0 Å². The van der Waals surface area contributed by atoms with Crippen LogP contribution in [0.5, 0.6) is 0 Å². The van der Waals surface area contributed by atoms with Crippen molar-refractivity contribution in [1.82, 2.24) is 4.90 Å². The summed E-state index contributed by atoms with van der Waals surface area (Å²) in [6.45, 7) is 1.59. The molecule has 0 aliphatic carbocycles. The minimum atomic E-state index is -0.522. The molecule has 20 heavy (non-hydrogen) atoms. The van der Waals surface area contributed by atoms with E-state index in [2.05, 4.69) is 0 Å². The minimum absolute atomic E-state index is 0.103. The molecule has 110 valence electrons. The van der Waals surface area contributed by atoms with Gasteiger partial charge in [-0.15, -0.1) is 0 Å². The van der Waals surface area contributed by atoms with E-state index in [0.29, 0.717) is 26.3 Å². The molecule has 0 spiro atoms. The van der Waals surface area contributed by atoms with E-state index >= 15 is 0 Å². The van der Waals surface area contributed by atoms with Crippen LogP contribution in [0.1, 0.15) is 10.4 Å². The van der Waals surface area contributed by atoms with Crippen molar-refractivity contribution in [3.8, 4) is 0 Å². The van der Waals surface area contributed by atoms with E-state index in [4.69, 9.17) is 9.47 Å². The number of methoxy groups -OCH3 is 2. The number of nitrogens with zero attached hydrogens (tertiary/aromatic N) is 2. The van der Waals surface area contributed by atoms with Crippen molar-refractivity contribution < 1.29 is 19.2 Å². The molecule has 0 heterocycles. The van der Waals surface area contributed by atoms with Crippen LogP contribution >= 0.6 is 0 Å².